The highest BCUT2D eigenvalue weighted by Gasteiger charge is 2.39. The Balaban J connectivity index is 2.41. The van der Waals surface area contributed by atoms with Crippen molar-refractivity contribution >= 4 is 11.9 Å². The average molecular weight is 258 g/mol. The van der Waals surface area contributed by atoms with Gasteiger partial charge >= 0.3 is 5.97 Å². The lowest BCUT2D eigenvalue weighted by atomic mass is 9.81. The van der Waals surface area contributed by atoms with E-state index in [0.29, 0.717) is 6.54 Å². The lowest BCUT2D eigenvalue weighted by molar-refractivity contribution is -0.147. The minimum absolute atomic E-state index is 0.0352. The van der Waals surface area contributed by atoms with Gasteiger partial charge in [-0.2, -0.15) is 0 Å². The fourth-order valence-corrected chi connectivity index (χ4v) is 2.38. The van der Waals surface area contributed by atoms with E-state index < -0.39 is 12.1 Å². The molecule has 1 saturated heterocycles. The number of nitrogens with one attached hydrogen (secondary N) is 2. The third kappa shape index (κ3) is 3.68. The summed E-state index contributed by atoms with van der Waals surface area (Å²) < 4.78 is 0. The molecule has 0 radical (unpaired) electrons. The van der Waals surface area contributed by atoms with Crippen LogP contribution in [-0.4, -0.2) is 47.8 Å². The van der Waals surface area contributed by atoms with Gasteiger partial charge in [0, 0.05) is 19.5 Å². The largest absolute Gasteiger partial charge is 0.479 e. The van der Waals surface area contributed by atoms with E-state index in [-0.39, 0.29) is 24.3 Å². The van der Waals surface area contributed by atoms with E-state index in [0.717, 1.165) is 25.8 Å². The summed E-state index contributed by atoms with van der Waals surface area (Å²) in [6.45, 7) is 3.75. The lowest BCUT2D eigenvalue weighted by Crippen LogP contribution is -2.43. The van der Waals surface area contributed by atoms with Gasteiger partial charge in [0.05, 0.1) is 5.41 Å². The molecular formula is C12H22N2O4. The third-order valence-corrected chi connectivity index (χ3v) is 3.44. The maximum absolute atomic E-state index is 12.1. The fourth-order valence-electron chi connectivity index (χ4n) is 2.38. The van der Waals surface area contributed by atoms with Gasteiger partial charge in [0.1, 0.15) is 0 Å². The minimum Gasteiger partial charge on any atom is -0.479 e. The first-order valence-corrected chi connectivity index (χ1v) is 6.42. The Kier molecular flexibility index (Phi) is 5.55. The Hall–Kier alpha value is -1.14. The van der Waals surface area contributed by atoms with E-state index in [1.807, 2.05) is 6.92 Å². The Bertz CT molecular complexity index is 300. The molecule has 104 valence electrons. The minimum atomic E-state index is -1.41. The highest BCUT2D eigenvalue weighted by atomic mass is 16.4. The molecular weight excluding hydrogens is 236 g/mol. The molecule has 18 heavy (non-hydrogen) atoms. The van der Waals surface area contributed by atoms with E-state index in [4.69, 9.17) is 10.2 Å². The number of amides is 1. The average Bonchev–Trinajstić information content (AvgIpc) is 2.79. The van der Waals surface area contributed by atoms with E-state index >= 15 is 0 Å². The van der Waals surface area contributed by atoms with Crippen LogP contribution in [0.15, 0.2) is 0 Å². The van der Waals surface area contributed by atoms with Crippen LogP contribution in [-0.2, 0) is 9.59 Å². The number of carboxylic acids is 1. The molecule has 1 fully saturated rings. The van der Waals surface area contributed by atoms with Gasteiger partial charge < -0.3 is 20.8 Å². The van der Waals surface area contributed by atoms with Gasteiger partial charge in [0.15, 0.2) is 6.10 Å². The number of hydrogen-bond donors (Lipinski definition) is 4. The number of hydrogen-bond acceptors (Lipinski definition) is 4. The molecule has 1 rings (SSSR count). The topological polar surface area (TPSA) is 98.7 Å². The fraction of sp³-hybridized carbons (Fsp3) is 0.833. The van der Waals surface area contributed by atoms with Crippen molar-refractivity contribution in [2.24, 2.45) is 5.41 Å². The van der Waals surface area contributed by atoms with Gasteiger partial charge in [-0.05, 0) is 19.4 Å². The van der Waals surface area contributed by atoms with Crippen LogP contribution in [0.1, 0.15) is 32.6 Å². The number of aliphatic hydroxyl groups is 1. The summed E-state index contributed by atoms with van der Waals surface area (Å²) in [6.07, 6.45) is 1.21. The predicted molar refractivity (Wildman–Crippen MR) is 66.1 cm³/mol. The molecule has 4 N–H and O–H groups in total. The van der Waals surface area contributed by atoms with Gasteiger partial charge in [-0.3, -0.25) is 4.79 Å². The highest BCUT2D eigenvalue weighted by molar-refractivity contribution is 5.83. The molecule has 1 heterocycles. The normalized spacial score (nSPS) is 24.8. The molecule has 0 aliphatic carbocycles. The van der Waals surface area contributed by atoms with Gasteiger partial charge in [-0.1, -0.05) is 13.3 Å². The molecule has 2 atom stereocenters. The second kappa shape index (κ2) is 6.70. The van der Waals surface area contributed by atoms with Crippen molar-refractivity contribution in [3.63, 3.8) is 0 Å². The van der Waals surface area contributed by atoms with Gasteiger partial charge in [0.2, 0.25) is 5.91 Å². The SMILES string of the molecule is CCCC1(C(=O)NCCC(O)C(=O)O)CCNC1. The van der Waals surface area contributed by atoms with Crippen molar-refractivity contribution in [2.75, 3.05) is 19.6 Å². The number of aliphatic carboxylic acids is 1. The number of aliphatic hydroxyl groups excluding tert-OH is 1. The Morgan fingerprint density at radius 3 is 2.72 bits per heavy atom. The Labute approximate surface area is 107 Å². The maximum atomic E-state index is 12.1. The summed E-state index contributed by atoms with van der Waals surface area (Å²) in [5, 5.41) is 23.6. The molecule has 0 aromatic heterocycles. The van der Waals surface area contributed by atoms with Crippen LogP contribution >= 0.6 is 0 Å². The van der Waals surface area contributed by atoms with Crippen molar-refractivity contribution in [3.05, 3.63) is 0 Å². The molecule has 1 amide bonds. The summed E-state index contributed by atoms with van der Waals surface area (Å²) >= 11 is 0. The van der Waals surface area contributed by atoms with Crippen LogP contribution in [0.5, 0.6) is 0 Å². The zero-order chi connectivity index (χ0) is 13.6. The second-order valence-corrected chi connectivity index (χ2v) is 4.86. The Morgan fingerprint density at radius 2 is 2.22 bits per heavy atom. The summed E-state index contributed by atoms with van der Waals surface area (Å²) in [6, 6.07) is 0. The number of rotatable bonds is 7. The van der Waals surface area contributed by atoms with E-state index in [1.165, 1.54) is 0 Å². The zero-order valence-corrected chi connectivity index (χ0v) is 10.7. The summed E-state index contributed by atoms with van der Waals surface area (Å²) in [4.78, 5) is 22.6. The molecule has 0 bridgehead atoms. The molecule has 6 nitrogen and oxygen atoms in total. The van der Waals surface area contributed by atoms with Gasteiger partial charge in [-0.25, -0.2) is 4.79 Å². The van der Waals surface area contributed by atoms with Gasteiger partial charge in [0.25, 0.3) is 0 Å². The third-order valence-electron chi connectivity index (χ3n) is 3.44. The summed E-state index contributed by atoms with van der Waals surface area (Å²) in [7, 11) is 0. The maximum Gasteiger partial charge on any atom is 0.332 e. The molecule has 1 aliphatic rings. The van der Waals surface area contributed by atoms with Crippen molar-refractivity contribution in [2.45, 2.75) is 38.7 Å². The summed E-state index contributed by atoms with van der Waals surface area (Å²) in [5.41, 5.74) is -0.358. The monoisotopic (exact) mass is 258 g/mol. The first kappa shape index (κ1) is 14.9. The molecule has 1 aliphatic heterocycles. The van der Waals surface area contributed by atoms with E-state index in [1.54, 1.807) is 0 Å². The van der Waals surface area contributed by atoms with Crippen LogP contribution in [0.2, 0.25) is 0 Å². The number of carbonyl (C=O) groups is 2. The quantitative estimate of drug-likeness (QED) is 0.503. The number of carboxylic acid groups (broad SMARTS) is 1. The van der Waals surface area contributed by atoms with Crippen LogP contribution in [0.25, 0.3) is 0 Å². The molecule has 2 unspecified atom stereocenters. The first-order chi connectivity index (χ1) is 8.52. The molecule has 0 spiro atoms. The second-order valence-electron chi connectivity index (χ2n) is 4.86. The van der Waals surface area contributed by atoms with Crippen molar-refractivity contribution in [3.8, 4) is 0 Å². The molecule has 0 aromatic rings. The first-order valence-electron chi connectivity index (χ1n) is 6.42. The van der Waals surface area contributed by atoms with Crippen molar-refractivity contribution in [1.29, 1.82) is 0 Å². The number of carbonyl (C=O) groups excluding carboxylic acids is 1. The van der Waals surface area contributed by atoms with Crippen molar-refractivity contribution < 1.29 is 19.8 Å². The summed E-state index contributed by atoms with van der Waals surface area (Å²) in [5.74, 6) is -1.29. The predicted octanol–water partition coefficient (Wildman–Crippen LogP) is -0.282. The Morgan fingerprint density at radius 1 is 1.50 bits per heavy atom. The molecule has 0 aromatic carbocycles. The van der Waals surface area contributed by atoms with Crippen molar-refractivity contribution in [1.82, 2.24) is 10.6 Å². The van der Waals surface area contributed by atoms with E-state index in [9.17, 15) is 9.59 Å². The van der Waals surface area contributed by atoms with Crippen LogP contribution < -0.4 is 10.6 Å². The lowest BCUT2D eigenvalue weighted by Gasteiger charge is -2.26. The van der Waals surface area contributed by atoms with Crippen LogP contribution in [0, 0.1) is 5.41 Å². The molecule has 0 saturated carbocycles. The highest BCUT2D eigenvalue weighted by Crippen LogP contribution is 2.31. The van der Waals surface area contributed by atoms with E-state index in [2.05, 4.69) is 10.6 Å². The standard InChI is InChI=1S/C12H22N2O4/c1-2-4-12(5-7-13-8-12)11(18)14-6-3-9(15)10(16)17/h9,13,15H,2-8H2,1H3,(H,14,18)(H,16,17). The van der Waals surface area contributed by atoms with Gasteiger partial charge in [-0.15, -0.1) is 0 Å². The zero-order valence-electron chi connectivity index (χ0n) is 10.7. The van der Waals surface area contributed by atoms with Crippen LogP contribution in [0.4, 0.5) is 0 Å². The molecule has 6 heteroatoms. The van der Waals surface area contributed by atoms with Crippen LogP contribution in [0.3, 0.4) is 0 Å². The smallest absolute Gasteiger partial charge is 0.332 e.